The first-order valence-corrected chi connectivity index (χ1v) is 8.18. The van der Waals surface area contributed by atoms with E-state index < -0.39 is 0 Å². The van der Waals surface area contributed by atoms with Crippen molar-refractivity contribution in [2.24, 2.45) is 0 Å². The minimum atomic E-state index is -0.147. The molecule has 0 spiro atoms. The Morgan fingerprint density at radius 1 is 1.67 bits per heavy atom. The highest BCUT2D eigenvalue weighted by molar-refractivity contribution is 7.99. The summed E-state index contributed by atoms with van der Waals surface area (Å²) in [4.78, 5) is 14.1. The van der Waals surface area contributed by atoms with Crippen molar-refractivity contribution in [2.45, 2.75) is 19.0 Å². The van der Waals surface area contributed by atoms with Gasteiger partial charge < -0.3 is 14.7 Å². The van der Waals surface area contributed by atoms with Crippen molar-refractivity contribution in [3.8, 4) is 0 Å². The van der Waals surface area contributed by atoms with Crippen molar-refractivity contribution < 1.29 is 14.6 Å². The van der Waals surface area contributed by atoms with E-state index in [1.165, 1.54) is 0 Å². The Labute approximate surface area is 128 Å². The predicted octanol–water partition coefficient (Wildman–Crippen LogP) is 0.861. The Bertz CT molecular complexity index is 452. The van der Waals surface area contributed by atoms with Gasteiger partial charge >= 0.3 is 6.03 Å². The van der Waals surface area contributed by atoms with Crippen molar-refractivity contribution >= 4 is 23.6 Å². The van der Waals surface area contributed by atoms with Crippen LogP contribution in [0.15, 0.2) is 12.3 Å². The number of carbonyl (C=O) groups is 1. The molecule has 0 radical (unpaired) electrons. The zero-order chi connectivity index (χ0) is 15.1. The molecule has 0 aliphatic carbocycles. The lowest BCUT2D eigenvalue weighted by molar-refractivity contribution is 0.177. The molecule has 1 atom stereocenters. The Kier molecular flexibility index (Phi) is 6.34. The molecule has 1 aliphatic rings. The van der Waals surface area contributed by atoms with E-state index in [1.54, 1.807) is 22.8 Å². The largest absolute Gasteiger partial charge is 0.396 e. The molecule has 0 saturated carbocycles. The summed E-state index contributed by atoms with van der Waals surface area (Å²) in [5, 5.41) is 16.2. The molecule has 118 valence electrons. The van der Waals surface area contributed by atoms with Crippen LogP contribution in [0.25, 0.3) is 0 Å². The van der Waals surface area contributed by atoms with E-state index in [4.69, 9.17) is 9.84 Å². The number of methoxy groups -OCH3 is 1. The summed E-state index contributed by atoms with van der Waals surface area (Å²) in [6.45, 7) is 2.03. The van der Waals surface area contributed by atoms with Gasteiger partial charge in [0.25, 0.3) is 0 Å². The highest BCUT2D eigenvalue weighted by Gasteiger charge is 2.26. The molecule has 1 aromatic rings. The van der Waals surface area contributed by atoms with Crippen molar-refractivity contribution in [3.63, 3.8) is 0 Å². The van der Waals surface area contributed by atoms with E-state index in [0.29, 0.717) is 31.9 Å². The monoisotopic (exact) mass is 314 g/mol. The number of thioether (sulfide) groups is 1. The summed E-state index contributed by atoms with van der Waals surface area (Å²) in [5.41, 5.74) is 0. The van der Waals surface area contributed by atoms with Crippen LogP contribution in [0.2, 0.25) is 0 Å². The number of hydrogen-bond acceptors (Lipinski definition) is 5. The number of nitrogens with one attached hydrogen (secondary N) is 1. The number of urea groups is 1. The van der Waals surface area contributed by atoms with Gasteiger partial charge in [-0.1, -0.05) is 0 Å². The standard InChI is InChI=1S/C13H22N4O3S/c1-20-8-5-16-4-2-12(15-16)14-13(19)17-6-9-21-10-11(17)3-7-18/h2,4,11,18H,3,5-10H2,1H3,(H,14,15,19)/t11-/m0/s1. The number of anilines is 1. The van der Waals surface area contributed by atoms with Gasteiger partial charge in [-0.05, 0) is 6.42 Å². The second kappa shape index (κ2) is 8.26. The maximum atomic E-state index is 12.3. The molecule has 0 bridgehead atoms. The van der Waals surface area contributed by atoms with E-state index in [9.17, 15) is 4.79 Å². The fraction of sp³-hybridized carbons (Fsp3) is 0.692. The lowest BCUT2D eigenvalue weighted by Gasteiger charge is -2.34. The lowest BCUT2D eigenvalue weighted by atomic mass is 10.2. The number of ether oxygens (including phenoxy) is 1. The molecule has 1 aromatic heterocycles. The van der Waals surface area contributed by atoms with Gasteiger partial charge in [0.05, 0.1) is 13.2 Å². The van der Waals surface area contributed by atoms with E-state index in [1.807, 2.05) is 18.0 Å². The smallest absolute Gasteiger partial charge is 0.323 e. The Balaban J connectivity index is 1.91. The third-order valence-electron chi connectivity index (χ3n) is 3.35. The SMILES string of the molecule is COCCn1ccc(NC(=O)N2CCSC[C@@H]2CCO)n1. The highest BCUT2D eigenvalue weighted by atomic mass is 32.2. The van der Waals surface area contributed by atoms with Crippen molar-refractivity contribution in [2.75, 3.05) is 43.7 Å². The first kappa shape index (κ1) is 16.1. The summed E-state index contributed by atoms with van der Waals surface area (Å²) in [6.07, 6.45) is 2.43. The average molecular weight is 314 g/mol. The molecule has 2 N–H and O–H groups in total. The second-order valence-electron chi connectivity index (χ2n) is 4.82. The van der Waals surface area contributed by atoms with E-state index in [-0.39, 0.29) is 18.7 Å². The first-order chi connectivity index (χ1) is 10.2. The molecule has 1 fully saturated rings. The second-order valence-corrected chi connectivity index (χ2v) is 5.97. The van der Waals surface area contributed by atoms with Crippen molar-refractivity contribution in [1.82, 2.24) is 14.7 Å². The fourth-order valence-corrected chi connectivity index (χ4v) is 3.34. The van der Waals surface area contributed by atoms with E-state index in [2.05, 4.69) is 10.4 Å². The molecule has 2 amide bonds. The number of amides is 2. The minimum Gasteiger partial charge on any atom is -0.396 e. The molecule has 2 rings (SSSR count). The van der Waals surface area contributed by atoms with Crippen LogP contribution in [0.3, 0.4) is 0 Å². The van der Waals surface area contributed by atoms with Gasteiger partial charge in [0, 0.05) is 50.1 Å². The van der Waals surface area contributed by atoms with Crippen LogP contribution in [0.1, 0.15) is 6.42 Å². The van der Waals surface area contributed by atoms with Gasteiger partial charge in [0.15, 0.2) is 5.82 Å². The van der Waals surface area contributed by atoms with Gasteiger partial charge in [-0.15, -0.1) is 0 Å². The molecule has 2 heterocycles. The van der Waals surface area contributed by atoms with Gasteiger partial charge in [-0.3, -0.25) is 10.00 Å². The summed E-state index contributed by atoms with van der Waals surface area (Å²) in [7, 11) is 1.64. The van der Waals surface area contributed by atoms with Crippen LogP contribution in [0.5, 0.6) is 0 Å². The van der Waals surface area contributed by atoms with Crippen LogP contribution in [-0.2, 0) is 11.3 Å². The van der Waals surface area contributed by atoms with Crippen LogP contribution in [0.4, 0.5) is 10.6 Å². The molecular formula is C13H22N4O3S. The zero-order valence-electron chi connectivity index (χ0n) is 12.2. The Hall–Kier alpha value is -1.25. The summed E-state index contributed by atoms with van der Waals surface area (Å²) in [6, 6.07) is 1.71. The Morgan fingerprint density at radius 2 is 2.52 bits per heavy atom. The molecular weight excluding hydrogens is 292 g/mol. The summed E-state index contributed by atoms with van der Waals surface area (Å²) in [5.74, 6) is 2.34. The van der Waals surface area contributed by atoms with Gasteiger partial charge in [0.1, 0.15) is 0 Å². The van der Waals surface area contributed by atoms with Gasteiger partial charge in [-0.2, -0.15) is 16.9 Å². The van der Waals surface area contributed by atoms with Gasteiger partial charge in [-0.25, -0.2) is 4.79 Å². The minimum absolute atomic E-state index is 0.0873. The highest BCUT2D eigenvalue weighted by Crippen LogP contribution is 2.19. The molecule has 8 heteroatoms. The molecule has 7 nitrogen and oxygen atoms in total. The molecule has 1 saturated heterocycles. The fourth-order valence-electron chi connectivity index (χ4n) is 2.23. The predicted molar refractivity (Wildman–Crippen MR) is 82.6 cm³/mol. The number of hydrogen-bond donors (Lipinski definition) is 2. The molecule has 21 heavy (non-hydrogen) atoms. The zero-order valence-corrected chi connectivity index (χ0v) is 13.0. The number of carbonyl (C=O) groups excluding carboxylic acids is 1. The molecule has 0 aromatic carbocycles. The lowest BCUT2D eigenvalue weighted by Crippen LogP contribution is -2.48. The number of rotatable bonds is 6. The maximum Gasteiger partial charge on any atom is 0.323 e. The number of aliphatic hydroxyl groups is 1. The van der Waals surface area contributed by atoms with Crippen molar-refractivity contribution in [1.29, 1.82) is 0 Å². The maximum absolute atomic E-state index is 12.3. The van der Waals surface area contributed by atoms with E-state index >= 15 is 0 Å². The van der Waals surface area contributed by atoms with E-state index in [0.717, 1.165) is 11.5 Å². The van der Waals surface area contributed by atoms with Crippen LogP contribution >= 0.6 is 11.8 Å². The van der Waals surface area contributed by atoms with Gasteiger partial charge in [0.2, 0.25) is 0 Å². The average Bonchev–Trinajstić information content (AvgIpc) is 2.93. The van der Waals surface area contributed by atoms with Crippen molar-refractivity contribution in [3.05, 3.63) is 12.3 Å². The Morgan fingerprint density at radius 3 is 3.29 bits per heavy atom. The molecule has 0 unspecified atom stereocenters. The number of aromatic nitrogens is 2. The summed E-state index contributed by atoms with van der Waals surface area (Å²) >= 11 is 1.82. The third-order valence-corrected chi connectivity index (χ3v) is 4.44. The van der Waals surface area contributed by atoms with Crippen LogP contribution in [0, 0.1) is 0 Å². The van der Waals surface area contributed by atoms with Crippen LogP contribution in [-0.4, -0.2) is 70.2 Å². The topological polar surface area (TPSA) is 79.6 Å². The number of nitrogens with zero attached hydrogens (tertiary/aromatic N) is 3. The summed E-state index contributed by atoms with van der Waals surface area (Å²) < 4.78 is 6.72. The normalized spacial score (nSPS) is 18.8. The first-order valence-electron chi connectivity index (χ1n) is 7.03. The molecule has 1 aliphatic heterocycles. The van der Waals surface area contributed by atoms with Crippen LogP contribution < -0.4 is 5.32 Å². The number of aliphatic hydroxyl groups excluding tert-OH is 1. The quantitative estimate of drug-likeness (QED) is 0.814. The third kappa shape index (κ3) is 4.62.